The van der Waals surface area contributed by atoms with Crippen molar-refractivity contribution in [2.45, 2.75) is 50.8 Å². The van der Waals surface area contributed by atoms with Gasteiger partial charge in [-0.2, -0.15) is 0 Å². The quantitative estimate of drug-likeness (QED) is 0.834. The van der Waals surface area contributed by atoms with Crippen LogP contribution >= 0.6 is 0 Å². The Morgan fingerprint density at radius 2 is 1.92 bits per heavy atom. The van der Waals surface area contributed by atoms with Crippen LogP contribution in [0, 0.1) is 5.82 Å². The zero-order chi connectivity index (χ0) is 17.1. The van der Waals surface area contributed by atoms with Crippen LogP contribution < -0.4 is 0 Å². The molecule has 0 radical (unpaired) electrons. The molecule has 1 aromatic heterocycles. The molecule has 2 atom stereocenters. The number of aromatic nitrogens is 4. The first-order valence-electron chi connectivity index (χ1n) is 9.18. The van der Waals surface area contributed by atoms with Crippen molar-refractivity contribution in [1.82, 2.24) is 25.1 Å². The fourth-order valence-corrected chi connectivity index (χ4v) is 3.86. The van der Waals surface area contributed by atoms with Crippen molar-refractivity contribution in [3.05, 3.63) is 41.5 Å². The molecule has 3 heterocycles. The molecule has 134 valence electrons. The molecule has 0 bridgehead atoms. The van der Waals surface area contributed by atoms with E-state index in [1.807, 2.05) is 16.8 Å². The van der Waals surface area contributed by atoms with Crippen LogP contribution in [0.3, 0.4) is 0 Å². The predicted octanol–water partition coefficient (Wildman–Crippen LogP) is 2.57. The Hall–Kier alpha value is -1.86. The van der Waals surface area contributed by atoms with Gasteiger partial charge in [-0.3, -0.25) is 4.90 Å². The number of hydrogen-bond donors (Lipinski definition) is 0. The molecule has 4 rings (SSSR count). The van der Waals surface area contributed by atoms with Crippen LogP contribution in [0.15, 0.2) is 24.3 Å². The number of rotatable bonds is 5. The van der Waals surface area contributed by atoms with E-state index in [2.05, 4.69) is 20.4 Å². The zero-order valence-corrected chi connectivity index (χ0v) is 14.4. The minimum atomic E-state index is -0.222. The summed E-state index contributed by atoms with van der Waals surface area (Å²) in [6.45, 7) is 3.51. The zero-order valence-electron chi connectivity index (χ0n) is 14.4. The van der Waals surface area contributed by atoms with Gasteiger partial charge in [0, 0.05) is 6.61 Å². The fourth-order valence-electron chi connectivity index (χ4n) is 3.86. The normalized spacial score (nSPS) is 23.0. The molecule has 2 saturated heterocycles. The highest BCUT2D eigenvalue weighted by atomic mass is 19.1. The van der Waals surface area contributed by atoms with Crippen LogP contribution in [-0.2, 0) is 11.3 Å². The summed E-state index contributed by atoms with van der Waals surface area (Å²) in [5, 5.41) is 12.5. The first-order chi connectivity index (χ1) is 12.3. The molecule has 2 aliphatic heterocycles. The lowest BCUT2D eigenvalue weighted by Crippen LogP contribution is -2.36. The highest BCUT2D eigenvalue weighted by Crippen LogP contribution is 2.30. The summed E-state index contributed by atoms with van der Waals surface area (Å²) in [5.41, 5.74) is 1.03. The van der Waals surface area contributed by atoms with Gasteiger partial charge in [-0.25, -0.2) is 9.07 Å². The van der Waals surface area contributed by atoms with E-state index in [4.69, 9.17) is 4.74 Å². The minimum absolute atomic E-state index is 0.0442. The molecule has 0 unspecified atom stereocenters. The van der Waals surface area contributed by atoms with Crippen LogP contribution in [0.2, 0.25) is 0 Å². The summed E-state index contributed by atoms with van der Waals surface area (Å²) in [7, 11) is 0. The van der Waals surface area contributed by atoms with Gasteiger partial charge in [0.25, 0.3) is 0 Å². The number of piperidine rings is 1. The van der Waals surface area contributed by atoms with Crippen molar-refractivity contribution >= 4 is 0 Å². The van der Waals surface area contributed by atoms with E-state index in [1.165, 1.54) is 31.4 Å². The van der Waals surface area contributed by atoms with E-state index in [-0.39, 0.29) is 18.0 Å². The van der Waals surface area contributed by atoms with Crippen LogP contribution in [0.1, 0.15) is 49.5 Å². The molecule has 0 N–H and O–H groups in total. The van der Waals surface area contributed by atoms with Gasteiger partial charge in [0.2, 0.25) is 0 Å². The molecule has 6 nitrogen and oxygen atoms in total. The van der Waals surface area contributed by atoms with Crippen LogP contribution in [0.4, 0.5) is 4.39 Å². The molecular weight excluding hydrogens is 321 g/mol. The molecule has 0 amide bonds. The van der Waals surface area contributed by atoms with Gasteiger partial charge in [0.1, 0.15) is 5.82 Å². The van der Waals surface area contributed by atoms with Gasteiger partial charge >= 0.3 is 0 Å². The molecule has 2 aromatic rings. The molecule has 1 aromatic carbocycles. The van der Waals surface area contributed by atoms with Crippen LogP contribution in [-0.4, -0.2) is 50.9 Å². The standard InChI is InChI=1S/C18H24FN5O/c19-15-8-6-14(7-9-15)17(23-10-2-1-3-11-23)18-20-21-22-24(18)13-16-5-4-12-25-16/h6-9,16-17H,1-5,10-13H2/t16-,17-/m0/s1. The van der Waals surface area contributed by atoms with Crippen molar-refractivity contribution < 1.29 is 9.13 Å². The first-order valence-corrected chi connectivity index (χ1v) is 9.18. The Labute approximate surface area is 147 Å². The Balaban J connectivity index is 1.65. The van der Waals surface area contributed by atoms with Crippen molar-refractivity contribution in [2.75, 3.05) is 19.7 Å². The highest BCUT2D eigenvalue weighted by Gasteiger charge is 2.30. The summed E-state index contributed by atoms with van der Waals surface area (Å²) in [6, 6.07) is 6.68. The molecule has 25 heavy (non-hydrogen) atoms. The average molecular weight is 345 g/mol. The molecule has 0 aliphatic carbocycles. The number of halogens is 1. The number of benzene rings is 1. The monoisotopic (exact) mass is 345 g/mol. The SMILES string of the molecule is Fc1ccc([C@@H](c2nnnn2C[C@@H]2CCCO2)N2CCCCC2)cc1. The van der Waals surface area contributed by atoms with Crippen molar-refractivity contribution in [3.63, 3.8) is 0 Å². The third-order valence-corrected chi connectivity index (χ3v) is 5.15. The lowest BCUT2D eigenvalue weighted by atomic mass is 10.0. The third-order valence-electron chi connectivity index (χ3n) is 5.15. The maximum atomic E-state index is 13.4. The number of likely N-dealkylation sites (tertiary alicyclic amines) is 1. The molecule has 2 aliphatic rings. The fraction of sp³-hybridized carbons (Fsp3) is 0.611. The number of nitrogens with zero attached hydrogens (tertiary/aromatic N) is 5. The minimum Gasteiger partial charge on any atom is -0.376 e. The van der Waals surface area contributed by atoms with Crippen LogP contribution in [0.5, 0.6) is 0 Å². The Kier molecular flexibility index (Phi) is 5.03. The Morgan fingerprint density at radius 1 is 1.12 bits per heavy atom. The molecule has 0 saturated carbocycles. The van der Waals surface area contributed by atoms with Gasteiger partial charge in [-0.05, 0) is 66.9 Å². The second-order valence-corrected chi connectivity index (χ2v) is 6.90. The summed E-state index contributed by atoms with van der Waals surface area (Å²) in [6.07, 6.45) is 5.92. The smallest absolute Gasteiger partial charge is 0.173 e. The second-order valence-electron chi connectivity index (χ2n) is 6.90. The van der Waals surface area contributed by atoms with E-state index in [1.54, 1.807) is 0 Å². The van der Waals surface area contributed by atoms with Gasteiger partial charge in [0.15, 0.2) is 5.82 Å². The number of tetrazole rings is 1. The largest absolute Gasteiger partial charge is 0.376 e. The van der Waals surface area contributed by atoms with Gasteiger partial charge in [-0.15, -0.1) is 5.10 Å². The van der Waals surface area contributed by atoms with E-state index in [0.29, 0.717) is 6.54 Å². The van der Waals surface area contributed by atoms with E-state index in [0.717, 1.165) is 43.9 Å². The lowest BCUT2D eigenvalue weighted by molar-refractivity contribution is 0.0902. The van der Waals surface area contributed by atoms with Crippen molar-refractivity contribution in [3.8, 4) is 0 Å². The highest BCUT2D eigenvalue weighted by molar-refractivity contribution is 5.25. The summed E-state index contributed by atoms with van der Waals surface area (Å²) >= 11 is 0. The van der Waals surface area contributed by atoms with Gasteiger partial charge in [-0.1, -0.05) is 18.6 Å². The summed E-state index contributed by atoms with van der Waals surface area (Å²) in [4.78, 5) is 2.41. The third kappa shape index (κ3) is 3.72. The lowest BCUT2D eigenvalue weighted by Gasteiger charge is -2.34. The maximum absolute atomic E-state index is 13.4. The average Bonchev–Trinajstić information content (AvgIpc) is 3.31. The molecule has 7 heteroatoms. The molecular formula is C18H24FN5O. The number of hydrogen-bond acceptors (Lipinski definition) is 5. The van der Waals surface area contributed by atoms with Crippen LogP contribution in [0.25, 0.3) is 0 Å². The Morgan fingerprint density at radius 3 is 2.64 bits per heavy atom. The van der Waals surface area contributed by atoms with Crippen molar-refractivity contribution in [2.24, 2.45) is 0 Å². The number of ether oxygens (including phenoxy) is 1. The maximum Gasteiger partial charge on any atom is 0.173 e. The van der Waals surface area contributed by atoms with Crippen molar-refractivity contribution in [1.29, 1.82) is 0 Å². The Bertz CT molecular complexity index is 677. The topological polar surface area (TPSA) is 56.1 Å². The summed E-state index contributed by atoms with van der Waals surface area (Å²) < 4.78 is 21.0. The second kappa shape index (κ2) is 7.58. The first kappa shape index (κ1) is 16.6. The molecule has 2 fully saturated rings. The van der Waals surface area contributed by atoms with E-state index in [9.17, 15) is 4.39 Å². The van der Waals surface area contributed by atoms with Gasteiger partial charge in [0.05, 0.1) is 18.7 Å². The van der Waals surface area contributed by atoms with E-state index >= 15 is 0 Å². The predicted molar refractivity (Wildman–Crippen MR) is 90.5 cm³/mol. The summed E-state index contributed by atoms with van der Waals surface area (Å²) in [5.74, 6) is 0.601. The molecule has 0 spiro atoms. The van der Waals surface area contributed by atoms with E-state index < -0.39 is 0 Å². The van der Waals surface area contributed by atoms with Gasteiger partial charge < -0.3 is 4.74 Å².